The molecule has 1 atom stereocenters. The third-order valence-electron chi connectivity index (χ3n) is 4.20. The third kappa shape index (κ3) is 3.75. The first kappa shape index (κ1) is 14.4. The summed E-state index contributed by atoms with van der Waals surface area (Å²) in [6.45, 7) is 6.23. The summed E-state index contributed by atoms with van der Waals surface area (Å²) < 4.78 is 2.08. The Hall–Kier alpha value is -0.970. The molecule has 1 fully saturated rings. The molecule has 0 amide bonds. The number of hydrogen-bond acceptors (Lipinski definition) is 4. The number of hydrogen-bond donors (Lipinski definition) is 1. The fourth-order valence-corrected chi connectivity index (χ4v) is 3.19. The maximum absolute atomic E-state index is 4.26. The Balaban J connectivity index is 2.02. The molecular formula is C14H27N5. The molecule has 0 bridgehead atoms. The van der Waals surface area contributed by atoms with Crippen molar-refractivity contribution in [3.05, 3.63) is 5.82 Å². The summed E-state index contributed by atoms with van der Waals surface area (Å²) in [6.07, 6.45) is 9.06. The van der Waals surface area contributed by atoms with E-state index in [9.17, 15) is 0 Å². The van der Waals surface area contributed by atoms with Crippen LogP contribution >= 0.6 is 0 Å². The minimum absolute atomic E-state index is 0.480. The van der Waals surface area contributed by atoms with Crippen molar-refractivity contribution in [3.8, 4) is 0 Å². The van der Waals surface area contributed by atoms with Gasteiger partial charge in [-0.2, -0.15) is 0 Å². The van der Waals surface area contributed by atoms with Crippen molar-refractivity contribution in [2.45, 2.75) is 71.4 Å². The predicted octanol–water partition coefficient (Wildman–Crippen LogP) is 2.70. The Morgan fingerprint density at radius 2 is 2.05 bits per heavy atom. The van der Waals surface area contributed by atoms with Crippen LogP contribution in [0, 0.1) is 5.92 Å². The number of rotatable bonds is 7. The van der Waals surface area contributed by atoms with Crippen LogP contribution in [-0.4, -0.2) is 26.8 Å². The highest BCUT2D eigenvalue weighted by Gasteiger charge is 2.26. The smallest absolute Gasteiger partial charge is 0.165 e. The summed E-state index contributed by atoms with van der Waals surface area (Å²) in [5.41, 5.74) is 0. The predicted molar refractivity (Wildman–Crippen MR) is 75.7 cm³/mol. The minimum atomic E-state index is 0.480. The first-order chi connectivity index (χ1) is 9.36. The fraction of sp³-hybridized carbons (Fsp3) is 0.929. The van der Waals surface area contributed by atoms with Gasteiger partial charge in [-0.15, -0.1) is 5.10 Å². The molecule has 1 unspecified atom stereocenters. The van der Waals surface area contributed by atoms with Gasteiger partial charge < -0.3 is 5.32 Å². The quantitative estimate of drug-likeness (QED) is 0.770. The molecule has 5 heteroatoms. The zero-order chi connectivity index (χ0) is 13.5. The zero-order valence-corrected chi connectivity index (χ0v) is 12.3. The van der Waals surface area contributed by atoms with E-state index < -0.39 is 0 Å². The molecule has 0 radical (unpaired) electrons. The van der Waals surface area contributed by atoms with Crippen LogP contribution in [0.2, 0.25) is 0 Å². The molecular weight excluding hydrogens is 238 g/mol. The number of tetrazole rings is 1. The van der Waals surface area contributed by atoms with Crippen molar-refractivity contribution >= 4 is 0 Å². The molecule has 0 aliphatic heterocycles. The maximum Gasteiger partial charge on any atom is 0.165 e. The van der Waals surface area contributed by atoms with E-state index in [2.05, 4.69) is 39.4 Å². The zero-order valence-electron chi connectivity index (χ0n) is 12.3. The van der Waals surface area contributed by atoms with Crippen molar-refractivity contribution in [2.75, 3.05) is 6.54 Å². The lowest BCUT2D eigenvalue weighted by molar-refractivity contribution is 0.221. The van der Waals surface area contributed by atoms with Crippen molar-refractivity contribution in [1.82, 2.24) is 25.5 Å². The summed E-state index contributed by atoms with van der Waals surface area (Å²) in [4.78, 5) is 0. The van der Waals surface area contributed by atoms with E-state index in [0.717, 1.165) is 37.7 Å². The van der Waals surface area contributed by atoms with E-state index in [4.69, 9.17) is 0 Å². The van der Waals surface area contributed by atoms with Gasteiger partial charge in [-0.1, -0.05) is 33.1 Å². The number of nitrogens with one attached hydrogen (secondary N) is 1. The molecule has 0 spiro atoms. The molecule has 19 heavy (non-hydrogen) atoms. The minimum Gasteiger partial charge on any atom is -0.310 e. The van der Waals surface area contributed by atoms with E-state index in [-0.39, 0.29) is 0 Å². The largest absolute Gasteiger partial charge is 0.310 e. The standard InChI is InChI=1S/C14H27N5/c1-3-10-15-11-14-16-17-18-19(14)13(4-2)12-8-6-5-7-9-12/h12-13,15H,3-11H2,1-2H3. The molecule has 1 aliphatic carbocycles. The maximum atomic E-state index is 4.26. The Labute approximate surface area is 116 Å². The molecule has 0 saturated heterocycles. The summed E-state index contributed by atoms with van der Waals surface area (Å²) in [6, 6.07) is 0.480. The molecule has 1 saturated carbocycles. The van der Waals surface area contributed by atoms with Crippen LogP contribution in [0.4, 0.5) is 0 Å². The van der Waals surface area contributed by atoms with Crippen molar-refractivity contribution in [2.24, 2.45) is 5.92 Å². The Kier molecular flexibility index (Phi) is 5.76. The van der Waals surface area contributed by atoms with Crippen LogP contribution in [0.15, 0.2) is 0 Å². The van der Waals surface area contributed by atoms with Crippen LogP contribution in [0.5, 0.6) is 0 Å². The van der Waals surface area contributed by atoms with Gasteiger partial charge in [-0.25, -0.2) is 4.68 Å². The van der Waals surface area contributed by atoms with Crippen LogP contribution in [0.3, 0.4) is 0 Å². The normalized spacial score (nSPS) is 18.6. The first-order valence-corrected chi connectivity index (χ1v) is 7.84. The van der Waals surface area contributed by atoms with Gasteiger partial charge >= 0.3 is 0 Å². The van der Waals surface area contributed by atoms with Crippen LogP contribution in [0.25, 0.3) is 0 Å². The summed E-state index contributed by atoms with van der Waals surface area (Å²) in [7, 11) is 0. The van der Waals surface area contributed by atoms with E-state index >= 15 is 0 Å². The monoisotopic (exact) mass is 265 g/mol. The lowest BCUT2D eigenvalue weighted by Crippen LogP contribution is -2.26. The lowest BCUT2D eigenvalue weighted by Gasteiger charge is -2.29. The van der Waals surface area contributed by atoms with Gasteiger partial charge in [0.25, 0.3) is 0 Å². The van der Waals surface area contributed by atoms with Crippen LogP contribution in [-0.2, 0) is 6.54 Å². The van der Waals surface area contributed by atoms with E-state index in [1.165, 1.54) is 32.1 Å². The second kappa shape index (κ2) is 7.58. The highest BCUT2D eigenvalue weighted by Crippen LogP contribution is 2.34. The SMILES string of the molecule is CCCNCc1nnnn1C(CC)C1CCCCC1. The summed E-state index contributed by atoms with van der Waals surface area (Å²) in [5, 5.41) is 15.7. The van der Waals surface area contributed by atoms with Crippen molar-refractivity contribution in [1.29, 1.82) is 0 Å². The first-order valence-electron chi connectivity index (χ1n) is 7.84. The second-order valence-electron chi connectivity index (χ2n) is 5.59. The van der Waals surface area contributed by atoms with Crippen LogP contribution < -0.4 is 5.32 Å². The summed E-state index contributed by atoms with van der Waals surface area (Å²) in [5.74, 6) is 1.75. The second-order valence-corrected chi connectivity index (χ2v) is 5.59. The molecule has 1 aromatic heterocycles. The molecule has 1 aliphatic rings. The molecule has 1 aromatic rings. The van der Waals surface area contributed by atoms with E-state index in [1.54, 1.807) is 0 Å². The number of aromatic nitrogens is 4. The van der Waals surface area contributed by atoms with E-state index in [0.29, 0.717) is 6.04 Å². The lowest BCUT2D eigenvalue weighted by atomic mass is 9.83. The van der Waals surface area contributed by atoms with Crippen LogP contribution in [0.1, 0.15) is 70.7 Å². The Bertz CT molecular complexity index is 356. The highest BCUT2D eigenvalue weighted by molar-refractivity contribution is 4.87. The average molecular weight is 265 g/mol. The topological polar surface area (TPSA) is 55.6 Å². The van der Waals surface area contributed by atoms with E-state index in [1.807, 2.05) is 0 Å². The summed E-state index contributed by atoms with van der Waals surface area (Å²) >= 11 is 0. The van der Waals surface area contributed by atoms with Gasteiger partial charge in [0.2, 0.25) is 0 Å². The molecule has 2 rings (SSSR count). The molecule has 1 heterocycles. The van der Waals surface area contributed by atoms with Crippen molar-refractivity contribution in [3.63, 3.8) is 0 Å². The highest BCUT2D eigenvalue weighted by atomic mass is 15.6. The Morgan fingerprint density at radius 3 is 2.74 bits per heavy atom. The van der Waals surface area contributed by atoms with Gasteiger partial charge in [-0.3, -0.25) is 0 Å². The average Bonchev–Trinajstić information content (AvgIpc) is 2.90. The molecule has 1 N–H and O–H groups in total. The van der Waals surface area contributed by atoms with Gasteiger partial charge in [-0.05, 0) is 48.6 Å². The number of nitrogens with zero attached hydrogens (tertiary/aromatic N) is 4. The molecule has 108 valence electrons. The third-order valence-corrected chi connectivity index (χ3v) is 4.20. The molecule has 5 nitrogen and oxygen atoms in total. The van der Waals surface area contributed by atoms with Crippen molar-refractivity contribution < 1.29 is 0 Å². The van der Waals surface area contributed by atoms with Gasteiger partial charge in [0.1, 0.15) is 0 Å². The van der Waals surface area contributed by atoms with Gasteiger partial charge in [0, 0.05) is 0 Å². The Morgan fingerprint density at radius 1 is 1.26 bits per heavy atom. The van der Waals surface area contributed by atoms with Gasteiger partial charge in [0.05, 0.1) is 12.6 Å². The fourth-order valence-electron chi connectivity index (χ4n) is 3.19. The molecule has 0 aromatic carbocycles. The van der Waals surface area contributed by atoms with Gasteiger partial charge in [0.15, 0.2) is 5.82 Å².